The van der Waals surface area contributed by atoms with Crippen LogP contribution in [0.2, 0.25) is 10.0 Å². The highest BCUT2D eigenvalue weighted by atomic mass is 35.5. The second kappa shape index (κ2) is 5.82. The second-order valence-electron chi connectivity index (χ2n) is 4.91. The number of amides is 2. The summed E-state index contributed by atoms with van der Waals surface area (Å²) >= 11 is 11.8. The first-order valence-electron chi connectivity index (χ1n) is 6.78. The predicted molar refractivity (Wildman–Crippen MR) is 83.4 cm³/mol. The molecule has 0 unspecified atom stereocenters. The number of halogens is 2. The first-order valence-corrected chi connectivity index (χ1v) is 7.54. The van der Waals surface area contributed by atoms with Crippen LogP contribution in [0.3, 0.4) is 0 Å². The first kappa shape index (κ1) is 15.8. The molecule has 0 spiro atoms. The molecule has 0 radical (unpaired) electrons. The summed E-state index contributed by atoms with van der Waals surface area (Å²) < 4.78 is 4.86. The third-order valence-electron chi connectivity index (χ3n) is 3.57. The highest BCUT2D eigenvalue weighted by Gasteiger charge is 2.55. The summed E-state index contributed by atoms with van der Waals surface area (Å²) in [5, 5.41) is 4.30. The minimum atomic E-state index is -1.00. The number of benzene rings is 1. The topological polar surface area (TPSA) is 88.1 Å². The highest BCUT2D eigenvalue weighted by Crippen LogP contribution is 2.34. The number of esters is 1. The Morgan fingerprint density at radius 3 is 2.70 bits per heavy atom. The van der Waals surface area contributed by atoms with Gasteiger partial charge in [-0.3, -0.25) is 15.0 Å². The molecule has 1 N–H and O–H groups in total. The standard InChI is InChI=1S/C14H11Cl2N3O4/c1-2-23-14(22)11-9-10(17-18-11)13(21)19(12(9)20)6-3-4-7(15)8(16)5-6/h3-5,9-10,17H,2H2,1H3/t9-,10-/m0/s1. The maximum Gasteiger partial charge on any atom is 0.355 e. The van der Waals surface area contributed by atoms with Gasteiger partial charge in [-0.15, -0.1) is 0 Å². The Balaban J connectivity index is 1.93. The molecule has 2 aliphatic rings. The minimum Gasteiger partial charge on any atom is -0.461 e. The van der Waals surface area contributed by atoms with Gasteiger partial charge in [0.2, 0.25) is 5.91 Å². The SMILES string of the molecule is CCOC(=O)C1=NN[C@@H]2C(=O)N(c3ccc(Cl)c(Cl)c3)C(=O)[C@H]12. The van der Waals surface area contributed by atoms with Crippen LogP contribution in [0.1, 0.15) is 6.92 Å². The van der Waals surface area contributed by atoms with Crippen molar-refractivity contribution in [3.05, 3.63) is 28.2 Å². The van der Waals surface area contributed by atoms with E-state index in [4.69, 9.17) is 27.9 Å². The molecule has 1 saturated heterocycles. The predicted octanol–water partition coefficient (Wildman–Crippen LogP) is 1.37. The van der Waals surface area contributed by atoms with E-state index < -0.39 is 29.7 Å². The van der Waals surface area contributed by atoms with Crippen molar-refractivity contribution in [2.24, 2.45) is 11.0 Å². The molecule has 7 nitrogen and oxygen atoms in total. The summed E-state index contributed by atoms with van der Waals surface area (Å²) in [6.45, 7) is 1.79. The number of hydrazone groups is 1. The van der Waals surface area contributed by atoms with Crippen LogP contribution in [-0.2, 0) is 19.1 Å². The number of hydrogen-bond donors (Lipinski definition) is 1. The molecule has 23 heavy (non-hydrogen) atoms. The largest absolute Gasteiger partial charge is 0.461 e. The van der Waals surface area contributed by atoms with Gasteiger partial charge in [-0.05, 0) is 25.1 Å². The van der Waals surface area contributed by atoms with Gasteiger partial charge in [-0.25, -0.2) is 9.69 Å². The number of fused-ring (bicyclic) bond motifs is 1. The molecule has 2 amide bonds. The third kappa shape index (κ3) is 2.46. The minimum absolute atomic E-state index is 0.0993. The fourth-order valence-electron chi connectivity index (χ4n) is 2.54. The molecule has 1 aromatic rings. The molecule has 0 aromatic heterocycles. The lowest BCUT2D eigenvalue weighted by Crippen LogP contribution is -2.36. The van der Waals surface area contributed by atoms with Crippen molar-refractivity contribution in [2.75, 3.05) is 11.5 Å². The molecule has 2 atom stereocenters. The Morgan fingerprint density at radius 2 is 2.04 bits per heavy atom. The van der Waals surface area contributed by atoms with E-state index in [1.54, 1.807) is 6.92 Å². The van der Waals surface area contributed by atoms with Crippen LogP contribution in [0.25, 0.3) is 0 Å². The number of ether oxygens (including phenoxy) is 1. The molecule has 0 aliphatic carbocycles. The normalized spacial score (nSPS) is 22.7. The summed E-state index contributed by atoms with van der Waals surface area (Å²) in [6.07, 6.45) is 0. The van der Waals surface area contributed by atoms with E-state index >= 15 is 0 Å². The molecular formula is C14H11Cl2N3O4. The Kier molecular flexibility index (Phi) is 3.99. The summed E-state index contributed by atoms with van der Waals surface area (Å²) in [4.78, 5) is 37.9. The number of nitrogens with zero attached hydrogens (tertiary/aromatic N) is 2. The zero-order valence-electron chi connectivity index (χ0n) is 11.9. The second-order valence-corrected chi connectivity index (χ2v) is 5.73. The molecule has 2 aliphatic heterocycles. The number of nitrogens with one attached hydrogen (secondary N) is 1. The zero-order chi connectivity index (χ0) is 16.7. The zero-order valence-corrected chi connectivity index (χ0v) is 13.4. The molecule has 1 fully saturated rings. The number of hydrogen-bond acceptors (Lipinski definition) is 6. The number of rotatable bonds is 3. The fourth-order valence-corrected chi connectivity index (χ4v) is 2.83. The number of carbonyl (C=O) groups excluding carboxylic acids is 3. The fraction of sp³-hybridized carbons (Fsp3) is 0.286. The lowest BCUT2D eigenvalue weighted by Gasteiger charge is -2.16. The molecule has 3 rings (SSSR count). The van der Waals surface area contributed by atoms with Gasteiger partial charge < -0.3 is 4.74 Å². The summed E-state index contributed by atoms with van der Waals surface area (Å²) in [6, 6.07) is 3.49. The molecular weight excluding hydrogens is 345 g/mol. The van der Waals surface area contributed by atoms with Gasteiger partial charge in [0.15, 0.2) is 5.71 Å². The molecule has 2 heterocycles. The van der Waals surface area contributed by atoms with Gasteiger partial charge in [0.25, 0.3) is 5.91 Å². The van der Waals surface area contributed by atoms with Crippen molar-refractivity contribution in [2.45, 2.75) is 13.0 Å². The molecule has 1 aromatic carbocycles. The van der Waals surface area contributed by atoms with E-state index in [1.807, 2.05) is 0 Å². The highest BCUT2D eigenvalue weighted by molar-refractivity contribution is 6.47. The maximum absolute atomic E-state index is 12.6. The van der Waals surface area contributed by atoms with E-state index in [-0.39, 0.29) is 23.0 Å². The first-order chi connectivity index (χ1) is 11.0. The summed E-state index contributed by atoms with van der Waals surface area (Å²) in [5.41, 5.74) is 2.72. The van der Waals surface area contributed by atoms with Crippen molar-refractivity contribution in [1.82, 2.24) is 5.43 Å². The van der Waals surface area contributed by atoms with Crippen molar-refractivity contribution in [3.8, 4) is 0 Å². The maximum atomic E-state index is 12.6. The molecule has 120 valence electrons. The van der Waals surface area contributed by atoms with Crippen LogP contribution >= 0.6 is 23.2 Å². The molecule has 0 bridgehead atoms. The van der Waals surface area contributed by atoms with E-state index in [0.717, 1.165) is 4.90 Å². The third-order valence-corrected chi connectivity index (χ3v) is 4.31. The number of imide groups is 1. The quantitative estimate of drug-likeness (QED) is 0.653. The summed E-state index contributed by atoms with van der Waals surface area (Å²) in [5.74, 6) is -2.79. The monoisotopic (exact) mass is 355 g/mol. The van der Waals surface area contributed by atoms with Crippen molar-refractivity contribution in [1.29, 1.82) is 0 Å². The van der Waals surface area contributed by atoms with Crippen LogP contribution in [0.4, 0.5) is 5.69 Å². The Bertz CT molecular complexity index is 750. The Morgan fingerprint density at radius 1 is 1.30 bits per heavy atom. The number of anilines is 1. The van der Waals surface area contributed by atoms with Crippen LogP contribution in [0.5, 0.6) is 0 Å². The van der Waals surface area contributed by atoms with Crippen molar-refractivity contribution in [3.63, 3.8) is 0 Å². The molecule has 0 saturated carbocycles. The number of carbonyl (C=O) groups is 3. The van der Waals surface area contributed by atoms with Crippen LogP contribution in [-0.4, -0.2) is 36.1 Å². The van der Waals surface area contributed by atoms with E-state index in [0.29, 0.717) is 5.02 Å². The van der Waals surface area contributed by atoms with Gasteiger partial charge in [0.1, 0.15) is 12.0 Å². The van der Waals surface area contributed by atoms with Crippen molar-refractivity contribution >= 4 is 52.4 Å². The Hall–Kier alpha value is -2.12. The lowest BCUT2D eigenvalue weighted by molar-refractivity contribution is -0.136. The van der Waals surface area contributed by atoms with Gasteiger partial charge >= 0.3 is 5.97 Å². The van der Waals surface area contributed by atoms with Gasteiger partial charge in [0, 0.05) is 0 Å². The van der Waals surface area contributed by atoms with Gasteiger partial charge in [0.05, 0.1) is 22.3 Å². The Labute approximate surface area is 141 Å². The van der Waals surface area contributed by atoms with Crippen LogP contribution < -0.4 is 10.3 Å². The summed E-state index contributed by atoms with van der Waals surface area (Å²) in [7, 11) is 0. The average molecular weight is 356 g/mol. The van der Waals surface area contributed by atoms with Crippen molar-refractivity contribution < 1.29 is 19.1 Å². The lowest BCUT2D eigenvalue weighted by atomic mass is 9.99. The van der Waals surface area contributed by atoms with Crippen LogP contribution in [0, 0.1) is 5.92 Å². The smallest absolute Gasteiger partial charge is 0.355 e. The average Bonchev–Trinajstić information content (AvgIpc) is 3.04. The van der Waals surface area contributed by atoms with E-state index in [2.05, 4.69) is 10.5 Å². The molecule has 9 heteroatoms. The van der Waals surface area contributed by atoms with Gasteiger partial charge in [-0.1, -0.05) is 23.2 Å². The van der Waals surface area contributed by atoms with Crippen LogP contribution in [0.15, 0.2) is 23.3 Å². The van der Waals surface area contributed by atoms with E-state index in [9.17, 15) is 14.4 Å². The van der Waals surface area contributed by atoms with Gasteiger partial charge in [-0.2, -0.15) is 5.10 Å². The van der Waals surface area contributed by atoms with E-state index in [1.165, 1.54) is 18.2 Å².